The molecule has 200 valence electrons. The number of hydrogen-bond donors (Lipinski definition) is 1. The summed E-state index contributed by atoms with van der Waals surface area (Å²) in [6.45, 7) is 9.18. The molecule has 6 rings (SSSR count). The molecule has 1 fully saturated rings. The zero-order valence-electron chi connectivity index (χ0n) is 23.2. The van der Waals surface area contributed by atoms with Gasteiger partial charge in [0.2, 0.25) is 0 Å². The minimum Gasteiger partial charge on any atom is -0.384 e. The molecule has 1 aliphatic heterocycles. The van der Waals surface area contributed by atoms with Gasteiger partial charge in [0.15, 0.2) is 0 Å². The minimum atomic E-state index is -1.14. The number of aliphatic hydroxyl groups is 1. The molecule has 1 atom stereocenters. The molecular formula is C28H36N8O2. The molecular weight excluding hydrogens is 480 g/mol. The van der Waals surface area contributed by atoms with Crippen molar-refractivity contribution in [3.8, 4) is 11.3 Å². The van der Waals surface area contributed by atoms with Crippen LogP contribution in [0, 0.1) is 19.8 Å². The summed E-state index contributed by atoms with van der Waals surface area (Å²) in [7, 11) is 5.96. The number of rotatable bonds is 5. The summed E-state index contributed by atoms with van der Waals surface area (Å²) >= 11 is 0. The van der Waals surface area contributed by atoms with Crippen molar-refractivity contribution in [2.45, 2.75) is 52.2 Å². The van der Waals surface area contributed by atoms with Gasteiger partial charge in [0.25, 0.3) is 0 Å². The lowest BCUT2D eigenvalue weighted by atomic mass is 9.88. The highest BCUT2D eigenvalue weighted by Crippen LogP contribution is 2.43. The smallest absolute Gasteiger partial charge is 0.118 e. The molecule has 0 aromatic carbocycles. The number of aryl methyl sites for hydroxylation is 5. The first-order valence-corrected chi connectivity index (χ1v) is 13.2. The van der Waals surface area contributed by atoms with Crippen molar-refractivity contribution in [2.24, 2.45) is 27.1 Å². The van der Waals surface area contributed by atoms with Crippen molar-refractivity contribution >= 4 is 22.1 Å². The molecule has 10 nitrogen and oxygen atoms in total. The van der Waals surface area contributed by atoms with E-state index in [4.69, 9.17) is 14.8 Å². The summed E-state index contributed by atoms with van der Waals surface area (Å²) in [5.74, 6) is 0.342. The highest BCUT2D eigenvalue weighted by atomic mass is 16.5. The Morgan fingerprint density at radius 3 is 2.39 bits per heavy atom. The maximum atomic E-state index is 11.3. The SMILES string of the molecule is Cc1cc(C(C2CCOCC2)n2c3cc(-c4c(C)nnn4C)cnc3c3c2c(C(C)(C)O)nn3C)n(C)c1. The van der Waals surface area contributed by atoms with E-state index >= 15 is 0 Å². The predicted octanol–water partition coefficient (Wildman–Crippen LogP) is 3.92. The zero-order chi connectivity index (χ0) is 26.9. The van der Waals surface area contributed by atoms with Gasteiger partial charge in [0.1, 0.15) is 22.3 Å². The molecule has 0 amide bonds. The summed E-state index contributed by atoms with van der Waals surface area (Å²) in [4.78, 5) is 5.01. The number of nitrogens with zero attached hydrogens (tertiary/aromatic N) is 8. The van der Waals surface area contributed by atoms with Gasteiger partial charge in [-0.25, -0.2) is 4.68 Å². The van der Waals surface area contributed by atoms with Gasteiger partial charge in [-0.15, -0.1) is 5.10 Å². The molecule has 1 aliphatic rings. The van der Waals surface area contributed by atoms with E-state index in [1.165, 1.54) is 11.3 Å². The molecule has 10 heteroatoms. The highest BCUT2D eigenvalue weighted by molar-refractivity contribution is 6.06. The Morgan fingerprint density at radius 1 is 1.05 bits per heavy atom. The van der Waals surface area contributed by atoms with E-state index in [-0.39, 0.29) is 6.04 Å². The third-order valence-electron chi connectivity index (χ3n) is 7.94. The summed E-state index contributed by atoms with van der Waals surface area (Å²) in [5.41, 5.74) is 8.43. The van der Waals surface area contributed by atoms with Crippen LogP contribution in [0.3, 0.4) is 0 Å². The standard InChI is InChI=1S/C28H36N8O2/c1-16-12-21(33(5)15-16)24(18-8-10-38-11-9-18)36-20-13-19(23-17(2)30-32-35(23)7)14-29-22(20)25-26(36)27(28(3,4)37)31-34(25)6/h12-15,18,24,37H,8-11H2,1-7H3. The molecule has 38 heavy (non-hydrogen) atoms. The van der Waals surface area contributed by atoms with Crippen LogP contribution in [-0.2, 0) is 31.5 Å². The topological polar surface area (TPSA) is 101 Å². The van der Waals surface area contributed by atoms with Crippen LogP contribution in [0.15, 0.2) is 24.5 Å². The van der Waals surface area contributed by atoms with Gasteiger partial charge < -0.3 is 19.0 Å². The first-order valence-electron chi connectivity index (χ1n) is 13.2. The van der Waals surface area contributed by atoms with Crippen LogP contribution in [0.1, 0.15) is 55.4 Å². The van der Waals surface area contributed by atoms with Gasteiger partial charge >= 0.3 is 0 Å². The van der Waals surface area contributed by atoms with E-state index in [0.717, 1.165) is 65.1 Å². The van der Waals surface area contributed by atoms with Gasteiger partial charge in [-0.1, -0.05) is 5.21 Å². The maximum absolute atomic E-state index is 11.3. The minimum absolute atomic E-state index is 0.00529. The van der Waals surface area contributed by atoms with Crippen molar-refractivity contribution in [1.82, 2.24) is 38.9 Å². The monoisotopic (exact) mass is 516 g/mol. The molecule has 1 saturated heterocycles. The molecule has 0 bridgehead atoms. The normalized spacial score (nSPS) is 16.2. The molecule has 6 heterocycles. The van der Waals surface area contributed by atoms with Crippen LogP contribution >= 0.6 is 0 Å². The van der Waals surface area contributed by atoms with Gasteiger partial charge in [0.05, 0.1) is 28.5 Å². The predicted molar refractivity (Wildman–Crippen MR) is 146 cm³/mol. The van der Waals surface area contributed by atoms with E-state index in [9.17, 15) is 5.11 Å². The molecule has 1 unspecified atom stereocenters. The summed E-state index contributed by atoms with van der Waals surface area (Å²) in [6, 6.07) is 4.49. The first-order chi connectivity index (χ1) is 18.1. The van der Waals surface area contributed by atoms with E-state index < -0.39 is 5.60 Å². The first kappa shape index (κ1) is 24.8. The lowest BCUT2D eigenvalue weighted by Crippen LogP contribution is -2.29. The number of ether oxygens (including phenoxy) is 1. The lowest BCUT2D eigenvalue weighted by Gasteiger charge is -2.33. The zero-order valence-corrected chi connectivity index (χ0v) is 23.2. The fourth-order valence-corrected chi connectivity index (χ4v) is 6.30. The van der Waals surface area contributed by atoms with Crippen molar-refractivity contribution in [3.05, 3.63) is 47.2 Å². The largest absolute Gasteiger partial charge is 0.384 e. The number of fused-ring (bicyclic) bond motifs is 3. The average molecular weight is 517 g/mol. The maximum Gasteiger partial charge on any atom is 0.118 e. The Balaban J connectivity index is 1.75. The Morgan fingerprint density at radius 2 is 1.79 bits per heavy atom. The van der Waals surface area contributed by atoms with E-state index in [1.54, 1.807) is 18.5 Å². The Kier molecular flexibility index (Phi) is 5.73. The van der Waals surface area contributed by atoms with Crippen LogP contribution in [0.5, 0.6) is 0 Å². The van der Waals surface area contributed by atoms with Crippen LogP contribution in [0.25, 0.3) is 33.3 Å². The second-order valence-corrected chi connectivity index (χ2v) is 11.3. The molecule has 1 N–H and O–H groups in total. The molecule has 0 spiro atoms. The quantitative estimate of drug-likeness (QED) is 0.380. The van der Waals surface area contributed by atoms with Gasteiger partial charge in [-0.3, -0.25) is 9.67 Å². The van der Waals surface area contributed by atoms with Gasteiger partial charge in [-0.05, 0) is 64.2 Å². The molecule has 5 aromatic rings. The third-order valence-corrected chi connectivity index (χ3v) is 7.94. The summed E-state index contributed by atoms with van der Waals surface area (Å²) in [6.07, 6.45) is 5.97. The lowest BCUT2D eigenvalue weighted by molar-refractivity contribution is 0.0539. The van der Waals surface area contributed by atoms with E-state index in [1.807, 2.05) is 31.9 Å². The van der Waals surface area contributed by atoms with Crippen molar-refractivity contribution < 1.29 is 9.84 Å². The second kappa shape index (κ2) is 8.78. The van der Waals surface area contributed by atoms with Crippen LogP contribution in [0.2, 0.25) is 0 Å². The van der Waals surface area contributed by atoms with Crippen LogP contribution < -0.4 is 0 Å². The Bertz CT molecular complexity index is 1640. The average Bonchev–Trinajstić information content (AvgIpc) is 3.58. The summed E-state index contributed by atoms with van der Waals surface area (Å²) in [5, 5.41) is 24.6. The summed E-state index contributed by atoms with van der Waals surface area (Å²) < 4.78 is 14.1. The molecule has 0 radical (unpaired) electrons. The van der Waals surface area contributed by atoms with E-state index in [2.05, 4.69) is 51.7 Å². The fraction of sp³-hybridized carbons (Fsp3) is 0.500. The molecule has 0 aliphatic carbocycles. The van der Waals surface area contributed by atoms with Crippen LogP contribution in [-0.4, -0.2) is 57.2 Å². The number of pyridine rings is 1. The van der Waals surface area contributed by atoms with Gasteiger partial charge in [0, 0.05) is 58.0 Å². The van der Waals surface area contributed by atoms with Crippen molar-refractivity contribution in [3.63, 3.8) is 0 Å². The van der Waals surface area contributed by atoms with E-state index in [0.29, 0.717) is 11.6 Å². The van der Waals surface area contributed by atoms with Crippen molar-refractivity contribution in [1.29, 1.82) is 0 Å². The Labute approximate surface area is 221 Å². The second-order valence-electron chi connectivity index (χ2n) is 11.3. The third kappa shape index (κ3) is 3.77. The van der Waals surface area contributed by atoms with Crippen LogP contribution in [0.4, 0.5) is 0 Å². The fourth-order valence-electron chi connectivity index (χ4n) is 6.30. The molecule has 0 saturated carbocycles. The Hall–Kier alpha value is -3.50. The number of aromatic nitrogens is 8. The number of hydrogen-bond acceptors (Lipinski definition) is 6. The highest BCUT2D eigenvalue weighted by Gasteiger charge is 2.36. The molecule has 5 aromatic heterocycles. The van der Waals surface area contributed by atoms with Gasteiger partial charge in [-0.2, -0.15) is 5.10 Å². The van der Waals surface area contributed by atoms with Crippen molar-refractivity contribution in [2.75, 3.05) is 13.2 Å².